The number of methoxy groups -OCH3 is 1. The molecule has 214 valence electrons. The van der Waals surface area contributed by atoms with Crippen molar-refractivity contribution in [1.29, 1.82) is 5.26 Å². The molecule has 41 heavy (non-hydrogen) atoms. The van der Waals surface area contributed by atoms with Crippen LogP contribution < -0.4 is 15.9 Å². The molecule has 1 aliphatic rings. The normalized spacial score (nSPS) is 15.2. The van der Waals surface area contributed by atoms with Gasteiger partial charge in [0.05, 0.1) is 35.6 Å². The summed E-state index contributed by atoms with van der Waals surface area (Å²) in [6.07, 6.45) is -5.53. The summed E-state index contributed by atoms with van der Waals surface area (Å²) in [6.45, 7) is 6.43. The number of H-pyrrole nitrogens is 1. The summed E-state index contributed by atoms with van der Waals surface area (Å²) < 4.78 is 52.0. The quantitative estimate of drug-likeness (QED) is 0.418. The number of benzene rings is 2. The van der Waals surface area contributed by atoms with Crippen molar-refractivity contribution < 1.29 is 32.2 Å². The zero-order chi connectivity index (χ0) is 30.3. The molecule has 1 atom stereocenters. The first-order valence-electron chi connectivity index (χ1n) is 12.1. The highest BCUT2D eigenvalue weighted by Gasteiger charge is 2.41. The van der Waals surface area contributed by atoms with Crippen LogP contribution in [0.25, 0.3) is 0 Å². The van der Waals surface area contributed by atoms with Gasteiger partial charge in [-0.2, -0.15) is 18.4 Å². The first kappa shape index (κ1) is 28.9. The number of aromatic amines is 1. The number of anilines is 3. The highest BCUT2D eigenvalue weighted by atomic mass is 19.4. The Labute approximate surface area is 231 Å². The summed E-state index contributed by atoms with van der Waals surface area (Å²) in [5.74, 6) is -1.02. The number of nitrogens with one attached hydrogen (secondary N) is 2. The van der Waals surface area contributed by atoms with E-state index >= 15 is 0 Å². The summed E-state index contributed by atoms with van der Waals surface area (Å²) in [4.78, 5) is 40.3. The lowest BCUT2D eigenvalue weighted by molar-refractivity contribution is -0.138. The van der Waals surface area contributed by atoms with Crippen molar-refractivity contribution in [3.05, 3.63) is 80.9 Å². The minimum atomic E-state index is -4.66. The second-order valence-corrected chi connectivity index (χ2v) is 10.0. The molecule has 0 spiro atoms. The van der Waals surface area contributed by atoms with E-state index < -0.39 is 41.1 Å². The molecular formula is C27H25F3N6O5. The fourth-order valence-corrected chi connectivity index (χ4v) is 4.46. The lowest BCUT2D eigenvalue weighted by Gasteiger charge is -2.36. The van der Waals surface area contributed by atoms with Crippen LogP contribution in [0.5, 0.6) is 0 Å². The molecule has 0 radical (unpaired) electrons. The van der Waals surface area contributed by atoms with Crippen LogP contribution in [0, 0.1) is 11.3 Å². The number of fused-ring (bicyclic) bond motifs is 1. The van der Waals surface area contributed by atoms with E-state index in [0.29, 0.717) is 0 Å². The van der Waals surface area contributed by atoms with E-state index in [1.165, 1.54) is 42.2 Å². The molecule has 4 rings (SSSR count). The van der Waals surface area contributed by atoms with E-state index in [-0.39, 0.29) is 39.7 Å². The van der Waals surface area contributed by atoms with E-state index in [2.05, 4.69) is 15.5 Å². The van der Waals surface area contributed by atoms with E-state index in [1.54, 1.807) is 20.8 Å². The zero-order valence-electron chi connectivity index (χ0n) is 22.6. The molecule has 3 aromatic rings. The van der Waals surface area contributed by atoms with Crippen molar-refractivity contribution in [2.75, 3.05) is 17.3 Å². The van der Waals surface area contributed by atoms with Crippen molar-refractivity contribution in [3.63, 3.8) is 0 Å². The zero-order valence-corrected chi connectivity index (χ0v) is 22.6. The molecule has 11 nitrogen and oxygen atoms in total. The van der Waals surface area contributed by atoms with Crippen LogP contribution in [0.1, 0.15) is 50.4 Å². The molecule has 14 heteroatoms. The number of nitriles is 1. The third-order valence-corrected chi connectivity index (χ3v) is 6.09. The number of alkyl halides is 3. The number of allylic oxidation sites excluding steroid dienone is 1. The van der Waals surface area contributed by atoms with Crippen molar-refractivity contribution in [2.45, 2.75) is 45.5 Å². The third-order valence-electron chi connectivity index (χ3n) is 6.09. The Morgan fingerprint density at radius 3 is 2.46 bits per heavy atom. The van der Waals surface area contributed by atoms with Gasteiger partial charge < -0.3 is 9.47 Å². The van der Waals surface area contributed by atoms with Crippen LogP contribution in [-0.2, 0) is 20.4 Å². The van der Waals surface area contributed by atoms with Crippen LogP contribution in [0.15, 0.2) is 58.5 Å². The maximum Gasteiger partial charge on any atom is 0.416 e. The highest BCUT2D eigenvalue weighted by molar-refractivity contribution is 5.95. The average Bonchev–Trinajstić information content (AvgIpc) is 3.26. The van der Waals surface area contributed by atoms with Gasteiger partial charge >= 0.3 is 23.9 Å². The SMILES string of the molecule is COC(=O)C1=C(C)N(c2cccc(C(F)(F)F)c2)c2n[nH]c(=O)n2C1c1ccc(C#N)cc1NC(=O)OC(C)(C)C. The first-order chi connectivity index (χ1) is 19.2. The summed E-state index contributed by atoms with van der Waals surface area (Å²) in [5, 5.41) is 18.4. The molecule has 0 bridgehead atoms. The topological polar surface area (TPSA) is 142 Å². The van der Waals surface area contributed by atoms with Crippen LogP contribution in [0.2, 0.25) is 0 Å². The van der Waals surface area contributed by atoms with Crippen LogP contribution in [-0.4, -0.2) is 39.5 Å². The van der Waals surface area contributed by atoms with Crippen LogP contribution in [0.3, 0.4) is 0 Å². The molecule has 1 aliphatic heterocycles. The lowest BCUT2D eigenvalue weighted by atomic mass is 9.92. The second-order valence-electron chi connectivity index (χ2n) is 10.0. The van der Waals surface area contributed by atoms with Gasteiger partial charge in [0.25, 0.3) is 0 Å². The summed E-state index contributed by atoms with van der Waals surface area (Å²) in [5.41, 5.74) is -2.28. The average molecular weight is 571 g/mol. The van der Waals surface area contributed by atoms with Crippen LogP contribution >= 0.6 is 0 Å². The summed E-state index contributed by atoms with van der Waals surface area (Å²) >= 11 is 0. The molecule has 2 N–H and O–H groups in total. The smallest absolute Gasteiger partial charge is 0.416 e. The lowest BCUT2D eigenvalue weighted by Crippen LogP contribution is -2.38. The number of amides is 1. The molecule has 0 aliphatic carbocycles. The van der Waals surface area contributed by atoms with Gasteiger partial charge in [-0.25, -0.2) is 24.0 Å². The fraction of sp³-hybridized carbons (Fsp3) is 0.296. The maximum absolute atomic E-state index is 13.5. The van der Waals surface area contributed by atoms with Gasteiger partial charge in [-0.1, -0.05) is 12.1 Å². The Morgan fingerprint density at radius 1 is 1.15 bits per heavy atom. The molecule has 1 amide bonds. The number of rotatable bonds is 4. The van der Waals surface area contributed by atoms with Crippen molar-refractivity contribution >= 4 is 29.4 Å². The Balaban J connectivity index is 1.98. The van der Waals surface area contributed by atoms with Crippen molar-refractivity contribution in [3.8, 4) is 6.07 Å². The molecule has 1 aromatic heterocycles. The Hall–Kier alpha value is -5.06. The number of esters is 1. The van der Waals surface area contributed by atoms with Gasteiger partial charge in [0.2, 0.25) is 5.95 Å². The third kappa shape index (κ3) is 5.65. The van der Waals surface area contributed by atoms with Gasteiger partial charge in [-0.05, 0) is 58.0 Å². The maximum atomic E-state index is 13.5. The predicted molar refractivity (Wildman–Crippen MR) is 140 cm³/mol. The molecule has 0 fully saturated rings. The highest BCUT2D eigenvalue weighted by Crippen LogP contribution is 2.44. The van der Waals surface area contributed by atoms with E-state index in [9.17, 15) is 32.8 Å². The largest absolute Gasteiger partial charge is 0.466 e. The Bertz CT molecular complexity index is 1660. The molecule has 0 saturated carbocycles. The van der Waals surface area contributed by atoms with Gasteiger partial charge in [0.1, 0.15) is 11.6 Å². The first-order valence-corrected chi connectivity index (χ1v) is 12.1. The van der Waals surface area contributed by atoms with Crippen LogP contribution in [0.4, 0.5) is 35.3 Å². The molecule has 2 heterocycles. The van der Waals surface area contributed by atoms with Gasteiger partial charge in [-0.15, -0.1) is 5.10 Å². The minimum Gasteiger partial charge on any atom is -0.466 e. The standard InChI is InChI=1S/C27H25F3N6O5/c1-14-20(22(37)40-5)21(18-10-9-15(13-31)11-19(18)32-25(39)41-26(2,3)4)36-23(33-34-24(36)38)35(14)17-8-6-7-16(12-17)27(28,29)30/h6-12,21H,1-5H3,(H,32,39)(H,34,38). The van der Waals surface area contributed by atoms with Gasteiger partial charge in [-0.3, -0.25) is 10.2 Å². The number of hydrogen-bond acceptors (Lipinski definition) is 8. The molecule has 2 aromatic carbocycles. The monoisotopic (exact) mass is 570 g/mol. The van der Waals surface area contributed by atoms with Gasteiger partial charge in [0, 0.05) is 16.9 Å². The Kier molecular flexibility index (Phi) is 7.40. The number of halogens is 3. The molecule has 1 unspecified atom stereocenters. The number of hydrogen-bond donors (Lipinski definition) is 2. The van der Waals surface area contributed by atoms with Crippen molar-refractivity contribution in [2.24, 2.45) is 0 Å². The summed E-state index contributed by atoms with van der Waals surface area (Å²) in [6, 6.07) is 9.19. The minimum absolute atomic E-state index is 0.0237. The molecular weight excluding hydrogens is 545 g/mol. The number of nitrogens with zero attached hydrogens (tertiary/aromatic N) is 4. The Morgan fingerprint density at radius 2 is 1.85 bits per heavy atom. The second kappa shape index (κ2) is 10.5. The predicted octanol–water partition coefficient (Wildman–Crippen LogP) is 5.00. The van der Waals surface area contributed by atoms with E-state index in [1.807, 2.05) is 6.07 Å². The molecule has 0 saturated heterocycles. The fourth-order valence-electron chi connectivity index (χ4n) is 4.46. The number of aromatic nitrogens is 3. The number of carbonyl (C=O) groups is 2. The summed E-state index contributed by atoms with van der Waals surface area (Å²) in [7, 11) is 1.11. The van der Waals surface area contributed by atoms with Crippen molar-refractivity contribution in [1.82, 2.24) is 14.8 Å². The van der Waals surface area contributed by atoms with E-state index in [0.717, 1.165) is 23.8 Å². The number of carbonyl (C=O) groups excluding carboxylic acids is 2. The van der Waals surface area contributed by atoms with Gasteiger partial charge in [0.15, 0.2) is 0 Å². The van der Waals surface area contributed by atoms with E-state index in [4.69, 9.17) is 9.47 Å². The number of ether oxygens (including phenoxy) is 2.